The van der Waals surface area contributed by atoms with Crippen molar-refractivity contribution in [2.75, 3.05) is 17.7 Å². The molecule has 0 aliphatic carbocycles. The summed E-state index contributed by atoms with van der Waals surface area (Å²) in [4.78, 5) is 16.5. The molecule has 0 atom stereocenters. The minimum atomic E-state index is -0.358. The van der Waals surface area contributed by atoms with Crippen LogP contribution in [0.2, 0.25) is 5.02 Å². The average Bonchev–Trinajstić information content (AvgIpc) is 2.94. The van der Waals surface area contributed by atoms with E-state index in [0.29, 0.717) is 21.6 Å². The van der Waals surface area contributed by atoms with Crippen LogP contribution in [-0.4, -0.2) is 18.1 Å². The molecule has 0 radical (unpaired) electrons. The van der Waals surface area contributed by atoms with E-state index in [2.05, 4.69) is 15.6 Å². The Kier molecular flexibility index (Phi) is 4.36. The molecule has 0 fully saturated rings. The van der Waals surface area contributed by atoms with Gasteiger partial charge in [0.25, 0.3) is 0 Å². The standard InChI is InChI=1S/C16H14ClN3O2S/c1-9-3-8-12(22-2)13-14(9)23-16(19-13)20-15(21)18-11-6-4-10(17)5-7-11/h3-8H,1-2H3,(H2,18,19,20,21). The molecule has 2 amide bonds. The van der Waals surface area contributed by atoms with E-state index in [1.165, 1.54) is 11.3 Å². The number of hydrogen-bond acceptors (Lipinski definition) is 4. The normalized spacial score (nSPS) is 10.6. The SMILES string of the molecule is COc1ccc(C)c2sc(NC(=O)Nc3ccc(Cl)cc3)nc12. The van der Waals surface area contributed by atoms with Crippen LogP contribution in [0.25, 0.3) is 10.2 Å². The maximum Gasteiger partial charge on any atom is 0.325 e. The molecule has 2 N–H and O–H groups in total. The number of rotatable bonds is 3. The summed E-state index contributed by atoms with van der Waals surface area (Å²) in [6.07, 6.45) is 0. The monoisotopic (exact) mass is 347 g/mol. The van der Waals surface area contributed by atoms with Crippen molar-refractivity contribution in [3.63, 3.8) is 0 Å². The van der Waals surface area contributed by atoms with Gasteiger partial charge in [0.05, 0.1) is 11.8 Å². The number of fused-ring (bicyclic) bond motifs is 1. The molecule has 0 bridgehead atoms. The molecule has 23 heavy (non-hydrogen) atoms. The molecular weight excluding hydrogens is 334 g/mol. The lowest BCUT2D eigenvalue weighted by atomic mass is 10.2. The molecule has 5 nitrogen and oxygen atoms in total. The minimum absolute atomic E-state index is 0.358. The molecule has 2 aromatic carbocycles. The van der Waals surface area contributed by atoms with Crippen molar-refractivity contribution in [1.82, 2.24) is 4.98 Å². The quantitative estimate of drug-likeness (QED) is 0.707. The first-order chi connectivity index (χ1) is 11.1. The van der Waals surface area contributed by atoms with Gasteiger partial charge in [-0.3, -0.25) is 5.32 Å². The summed E-state index contributed by atoms with van der Waals surface area (Å²) in [6, 6.07) is 10.4. The molecule has 0 spiro atoms. The molecule has 3 aromatic rings. The number of aromatic nitrogens is 1. The van der Waals surface area contributed by atoms with Crippen molar-refractivity contribution in [3.05, 3.63) is 47.0 Å². The Hall–Kier alpha value is -2.31. The van der Waals surface area contributed by atoms with Gasteiger partial charge in [-0.25, -0.2) is 9.78 Å². The highest BCUT2D eigenvalue weighted by Gasteiger charge is 2.13. The van der Waals surface area contributed by atoms with E-state index in [0.717, 1.165) is 15.8 Å². The number of urea groups is 1. The summed E-state index contributed by atoms with van der Waals surface area (Å²) in [5.74, 6) is 0.688. The summed E-state index contributed by atoms with van der Waals surface area (Å²) in [6.45, 7) is 2.00. The van der Waals surface area contributed by atoms with Gasteiger partial charge in [0.2, 0.25) is 0 Å². The maximum atomic E-state index is 12.1. The van der Waals surface area contributed by atoms with Crippen molar-refractivity contribution >= 4 is 50.0 Å². The first-order valence-corrected chi connectivity index (χ1v) is 8.04. The van der Waals surface area contributed by atoms with Crippen LogP contribution in [0.4, 0.5) is 15.6 Å². The van der Waals surface area contributed by atoms with Crippen molar-refractivity contribution in [3.8, 4) is 5.75 Å². The molecule has 0 aliphatic heterocycles. The number of nitrogens with zero attached hydrogens (tertiary/aromatic N) is 1. The predicted molar refractivity (Wildman–Crippen MR) is 95.0 cm³/mol. The van der Waals surface area contributed by atoms with Gasteiger partial charge < -0.3 is 10.1 Å². The fourth-order valence-electron chi connectivity index (χ4n) is 2.12. The third-order valence-electron chi connectivity index (χ3n) is 3.25. The second-order valence-corrected chi connectivity index (χ2v) is 6.30. The van der Waals surface area contributed by atoms with Gasteiger partial charge in [-0.05, 0) is 42.8 Å². The number of amides is 2. The molecule has 7 heteroatoms. The highest BCUT2D eigenvalue weighted by atomic mass is 35.5. The number of hydrogen-bond donors (Lipinski definition) is 2. The Morgan fingerprint density at radius 1 is 1.17 bits per heavy atom. The van der Waals surface area contributed by atoms with Crippen LogP contribution in [0.1, 0.15) is 5.56 Å². The van der Waals surface area contributed by atoms with Gasteiger partial charge in [-0.15, -0.1) is 0 Å². The van der Waals surface area contributed by atoms with Gasteiger partial charge in [0.15, 0.2) is 5.13 Å². The number of aryl methyl sites for hydroxylation is 1. The lowest BCUT2D eigenvalue weighted by Crippen LogP contribution is -2.19. The summed E-state index contributed by atoms with van der Waals surface area (Å²) < 4.78 is 6.30. The van der Waals surface area contributed by atoms with Crippen LogP contribution in [0.5, 0.6) is 5.75 Å². The van der Waals surface area contributed by atoms with E-state index >= 15 is 0 Å². The van der Waals surface area contributed by atoms with E-state index < -0.39 is 0 Å². The Morgan fingerprint density at radius 3 is 2.61 bits per heavy atom. The molecule has 0 saturated carbocycles. The van der Waals surface area contributed by atoms with Gasteiger partial charge in [-0.1, -0.05) is 29.0 Å². The lowest BCUT2D eigenvalue weighted by molar-refractivity contribution is 0.262. The fraction of sp³-hybridized carbons (Fsp3) is 0.125. The van der Waals surface area contributed by atoms with Crippen molar-refractivity contribution < 1.29 is 9.53 Å². The maximum absolute atomic E-state index is 12.1. The molecule has 0 saturated heterocycles. The van der Waals surface area contributed by atoms with Crippen LogP contribution in [0, 0.1) is 6.92 Å². The van der Waals surface area contributed by atoms with E-state index in [1.54, 1.807) is 31.4 Å². The van der Waals surface area contributed by atoms with Gasteiger partial charge in [-0.2, -0.15) is 0 Å². The van der Waals surface area contributed by atoms with Crippen molar-refractivity contribution in [2.24, 2.45) is 0 Å². The van der Waals surface area contributed by atoms with Crippen LogP contribution < -0.4 is 15.4 Å². The molecular formula is C16H14ClN3O2S. The lowest BCUT2D eigenvalue weighted by Gasteiger charge is -2.05. The fourth-order valence-corrected chi connectivity index (χ4v) is 3.19. The summed E-state index contributed by atoms with van der Waals surface area (Å²) in [7, 11) is 1.60. The van der Waals surface area contributed by atoms with Crippen LogP contribution in [0.15, 0.2) is 36.4 Å². The van der Waals surface area contributed by atoms with Gasteiger partial charge in [0, 0.05) is 10.7 Å². The molecule has 0 unspecified atom stereocenters. The zero-order valence-electron chi connectivity index (χ0n) is 12.5. The number of carbonyl (C=O) groups excluding carboxylic acids is 1. The van der Waals surface area contributed by atoms with E-state index in [-0.39, 0.29) is 6.03 Å². The molecule has 1 aromatic heterocycles. The zero-order chi connectivity index (χ0) is 16.4. The summed E-state index contributed by atoms with van der Waals surface area (Å²) in [5.41, 5.74) is 2.49. The Balaban J connectivity index is 1.79. The second-order valence-electron chi connectivity index (χ2n) is 4.87. The largest absolute Gasteiger partial charge is 0.494 e. The number of methoxy groups -OCH3 is 1. The van der Waals surface area contributed by atoms with Crippen LogP contribution in [0.3, 0.4) is 0 Å². The van der Waals surface area contributed by atoms with Crippen LogP contribution in [-0.2, 0) is 0 Å². The van der Waals surface area contributed by atoms with E-state index in [4.69, 9.17) is 16.3 Å². The number of halogens is 1. The average molecular weight is 348 g/mol. The number of nitrogens with one attached hydrogen (secondary N) is 2. The summed E-state index contributed by atoms with van der Waals surface area (Å²) in [5, 5.41) is 6.60. The number of benzene rings is 2. The minimum Gasteiger partial charge on any atom is -0.494 e. The number of thiazole rings is 1. The smallest absolute Gasteiger partial charge is 0.325 e. The van der Waals surface area contributed by atoms with E-state index in [9.17, 15) is 4.79 Å². The Bertz CT molecular complexity index is 862. The first kappa shape index (κ1) is 15.6. The molecule has 118 valence electrons. The highest BCUT2D eigenvalue weighted by molar-refractivity contribution is 7.22. The molecule has 3 rings (SSSR count). The first-order valence-electron chi connectivity index (χ1n) is 6.84. The van der Waals surface area contributed by atoms with Gasteiger partial charge in [0.1, 0.15) is 11.3 Å². The Labute approximate surface area is 142 Å². The number of anilines is 2. The summed E-state index contributed by atoms with van der Waals surface area (Å²) >= 11 is 7.23. The number of ether oxygens (including phenoxy) is 1. The van der Waals surface area contributed by atoms with Gasteiger partial charge >= 0.3 is 6.03 Å². The topological polar surface area (TPSA) is 63.2 Å². The predicted octanol–water partition coefficient (Wildman–Crippen LogP) is 4.91. The molecule has 1 heterocycles. The number of carbonyl (C=O) groups is 1. The van der Waals surface area contributed by atoms with Crippen molar-refractivity contribution in [1.29, 1.82) is 0 Å². The van der Waals surface area contributed by atoms with Crippen molar-refractivity contribution in [2.45, 2.75) is 6.92 Å². The van der Waals surface area contributed by atoms with Crippen LogP contribution >= 0.6 is 22.9 Å². The highest BCUT2D eigenvalue weighted by Crippen LogP contribution is 2.34. The second kappa shape index (κ2) is 6.44. The Morgan fingerprint density at radius 2 is 1.91 bits per heavy atom. The van der Waals surface area contributed by atoms with E-state index in [1.807, 2.05) is 19.1 Å². The molecule has 0 aliphatic rings. The third kappa shape index (κ3) is 3.38. The zero-order valence-corrected chi connectivity index (χ0v) is 14.1. The third-order valence-corrected chi connectivity index (χ3v) is 4.60.